The molecule has 0 bridgehead atoms. The normalized spacial score (nSPS) is 17.8. The molecule has 1 aliphatic rings. The predicted molar refractivity (Wildman–Crippen MR) is 74.1 cm³/mol. The number of carbonyl (C=O) groups excluding carboxylic acids is 1. The Balaban J connectivity index is 2.11. The van der Waals surface area contributed by atoms with Gasteiger partial charge in [0.05, 0.1) is 6.07 Å². The molecule has 19 heavy (non-hydrogen) atoms. The molecule has 0 spiro atoms. The number of amides is 1. The number of likely N-dealkylation sites (tertiary alicyclic amines) is 1. The van der Waals surface area contributed by atoms with E-state index in [9.17, 15) is 14.9 Å². The van der Waals surface area contributed by atoms with E-state index in [1.807, 2.05) is 6.26 Å². The van der Waals surface area contributed by atoms with Crippen molar-refractivity contribution in [2.75, 3.05) is 19.3 Å². The molecule has 1 aromatic heterocycles. The zero-order chi connectivity index (χ0) is 13.9. The minimum absolute atomic E-state index is 0.163. The number of aromatic amines is 1. The Kier molecular flexibility index (Phi) is 3.96. The Bertz CT molecular complexity index is 568. The third kappa shape index (κ3) is 2.66. The van der Waals surface area contributed by atoms with Crippen LogP contribution in [0.2, 0.25) is 0 Å². The lowest BCUT2D eigenvalue weighted by molar-refractivity contribution is 0.0715. The number of aromatic nitrogens is 1. The van der Waals surface area contributed by atoms with E-state index in [1.165, 1.54) is 30.2 Å². The predicted octanol–water partition coefficient (Wildman–Crippen LogP) is 1.24. The van der Waals surface area contributed by atoms with Crippen molar-refractivity contribution >= 4 is 17.7 Å². The van der Waals surface area contributed by atoms with Crippen LogP contribution in [0.1, 0.15) is 23.2 Å². The minimum Gasteiger partial charge on any atom is -0.367 e. The van der Waals surface area contributed by atoms with Crippen LogP contribution in [-0.2, 0) is 0 Å². The molecule has 6 heteroatoms. The molecule has 2 rings (SSSR count). The molecule has 1 saturated heterocycles. The van der Waals surface area contributed by atoms with Gasteiger partial charge in [0.25, 0.3) is 5.91 Å². The van der Waals surface area contributed by atoms with Crippen LogP contribution in [0, 0.1) is 11.3 Å². The van der Waals surface area contributed by atoms with Gasteiger partial charge in [-0.3, -0.25) is 9.59 Å². The highest BCUT2D eigenvalue weighted by Crippen LogP contribution is 2.33. The van der Waals surface area contributed by atoms with E-state index >= 15 is 0 Å². The average Bonchev–Trinajstić information content (AvgIpc) is 2.47. The van der Waals surface area contributed by atoms with Gasteiger partial charge in [0.1, 0.15) is 10.3 Å². The molecule has 1 amide bonds. The van der Waals surface area contributed by atoms with Gasteiger partial charge in [-0.1, -0.05) is 0 Å². The SMILES string of the molecule is CSC1(C#N)CCN(C(=O)c2c[nH]ccc2=O)CC1. The average molecular weight is 277 g/mol. The van der Waals surface area contributed by atoms with Gasteiger partial charge in [-0.25, -0.2) is 0 Å². The lowest BCUT2D eigenvalue weighted by Gasteiger charge is -2.36. The lowest BCUT2D eigenvalue weighted by atomic mass is 9.97. The molecule has 5 nitrogen and oxygen atoms in total. The third-order valence-electron chi connectivity index (χ3n) is 3.51. The number of hydrogen-bond donors (Lipinski definition) is 1. The molecular weight excluding hydrogens is 262 g/mol. The fraction of sp³-hybridized carbons (Fsp3) is 0.462. The molecule has 0 radical (unpaired) electrons. The first-order valence-electron chi connectivity index (χ1n) is 6.05. The number of rotatable bonds is 2. The first kappa shape index (κ1) is 13.7. The highest BCUT2D eigenvalue weighted by Gasteiger charge is 2.35. The number of pyridine rings is 1. The highest BCUT2D eigenvalue weighted by atomic mass is 32.2. The number of hydrogen-bond acceptors (Lipinski definition) is 4. The van der Waals surface area contributed by atoms with Crippen molar-refractivity contribution in [3.63, 3.8) is 0 Å². The summed E-state index contributed by atoms with van der Waals surface area (Å²) >= 11 is 1.54. The standard InChI is InChI=1S/C13H15N3O2S/c1-19-13(9-14)3-6-16(7-4-13)12(18)10-8-15-5-2-11(10)17/h2,5,8H,3-4,6-7H2,1H3,(H,15,17). The molecule has 0 unspecified atom stereocenters. The highest BCUT2D eigenvalue weighted by molar-refractivity contribution is 8.00. The van der Waals surface area contributed by atoms with Gasteiger partial charge in [0.2, 0.25) is 0 Å². The van der Waals surface area contributed by atoms with Crippen LogP contribution >= 0.6 is 11.8 Å². The monoisotopic (exact) mass is 277 g/mol. The van der Waals surface area contributed by atoms with E-state index in [1.54, 1.807) is 4.90 Å². The number of carbonyl (C=O) groups is 1. The Hall–Kier alpha value is -1.74. The van der Waals surface area contributed by atoms with Crippen LogP contribution in [0.5, 0.6) is 0 Å². The summed E-state index contributed by atoms with van der Waals surface area (Å²) in [7, 11) is 0. The van der Waals surface area contributed by atoms with Crippen molar-refractivity contribution in [3.05, 3.63) is 34.2 Å². The largest absolute Gasteiger partial charge is 0.367 e. The van der Waals surface area contributed by atoms with Crippen molar-refractivity contribution in [2.45, 2.75) is 17.6 Å². The molecular formula is C13H15N3O2S. The van der Waals surface area contributed by atoms with Crippen molar-refractivity contribution in [2.24, 2.45) is 0 Å². The summed E-state index contributed by atoms with van der Waals surface area (Å²) < 4.78 is -0.389. The Labute approximate surface area is 115 Å². The van der Waals surface area contributed by atoms with Crippen LogP contribution < -0.4 is 5.43 Å². The quantitative estimate of drug-likeness (QED) is 0.882. The minimum atomic E-state index is -0.389. The van der Waals surface area contributed by atoms with Crippen LogP contribution in [-0.4, -0.2) is 39.9 Å². The molecule has 2 heterocycles. The number of piperidine rings is 1. The van der Waals surface area contributed by atoms with Gasteiger partial charge >= 0.3 is 0 Å². The van der Waals surface area contributed by atoms with Crippen molar-refractivity contribution in [1.82, 2.24) is 9.88 Å². The molecule has 1 N–H and O–H groups in total. The number of thioether (sulfide) groups is 1. The van der Waals surface area contributed by atoms with Crippen molar-refractivity contribution in [1.29, 1.82) is 5.26 Å². The topological polar surface area (TPSA) is 77.0 Å². The number of H-pyrrole nitrogens is 1. The second-order valence-corrected chi connectivity index (χ2v) is 5.71. The van der Waals surface area contributed by atoms with Gasteiger partial charge in [-0.15, -0.1) is 11.8 Å². The summed E-state index contributed by atoms with van der Waals surface area (Å²) in [6.07, 6.45) is 6.14. The number of nitriles is 1. The Morgan fingerprint density at radius 1 is 1.53 bits per heavy atom. The van der Waals surface area contributed by atoms with Gasteiger partial charge < -0.3 is 9.88 Å². The van der Waals surface area contributed by atoms with Crippen LogP contribution in [0.3, 0.4) is 0 Å². The molecule has 1 aromatic rings. The maximum absolute atomic E-state index is 12.2. The summed E-state index contributed by atoms with van der Waals surface area (Å²) in [5.74, 6) is -0.255. The summed E-state index contributed by atoms with van der Waals surface area (Å²) in [6.45, 7) is 1.03. The molecule has 0 saturated carbocycles. The second kappa shape index (κ2) is 5.49. The van der Waals surface area contributed by atoms with Crippen LogP contribution in [0.25, 0.3) is 0 Å². The van der Waals surface area contributed by atoms with E-state index in [2.05, 4.69) is 11.1 Å². The number of nitrogens with zero attached hydrogens (tertiary/aromatic N) is 2. The third-order valence-corrected chi connectivity index (χ3v) is 4.79. The van der Waals surface area contributed by atoms with E-state index in [4.69, 9.17) is 0 Å². The maximum atomic E-state index is 12.2. The lowest BCUT2D eigenvalue weighted by Crippen LogP contribution is -2.45. The summed E-state index contributed by atoms with van der Waals surface area (Å²) in [5.41, 5.74) is -0.109. The zero-order valence-electron chi connectivity index (χ0n) is 10.7. The van der Waals surface area contributed by atoms with Crippen LogP contribution in [0.15, 0.2) is 23.3 Å². The van der Waals surface area contributed by atoms with E-state index in [0.29, 0.717) is 25.9 Å². The van der Waals surface area contributed by atoms with Crippen molar-refractivity contribution < 1.29 is 4.79 Å². The summed E-state index contributed by atoms with van der Waals surface area (Å²) in [4.78, 5) is 28.2. The summed E-state index contributed by atoms with van der Waals surface area (Å²) in [6, 6.07) is 3.68. The fourth-order valence-electron chi connectivity index (χ4n) is 2.19. The Morgan fingerprint density at radius 3 is 2.74 bits per heavy atom. The van der Waals surface area contributed by atoms with Gasteiger partial charge in [0.15, 0.2) is 5.43 Å². The maximum Gasteiger partial charge on any atom is 0.259 e. The molecule has 1 aliphatic heterocycles. The fourth-order valence-corrected chi connectivity index (χ4v) is 2.87. The van der Waals surface area contributed by atoms with Crippen molar-refractivity contribution in [3.8, 4) is 6.07 Å². The van der Waals surface area contributed by atoms with Crippen LogP contribution in [0.4, 0.5) is 0 Å². The molecule has 100 valence electrons. The Morgan fingerprint density at radius 2 is 2.21 bits per heavy atom. The van der Waals surface area contributed by atoms with E-state index in [0.717, 1.165) is 0 Å². The molecule has 0 aliphatic carbocycles. The second-order valence-electron chi connectivity index (χ2n) is 4.52. The van der Waals surface area contributed by atoms with Gasteiger partial charge in [0, 0.05) is 31.5 Å². The molecule has 0 atom stereocenters. The van der Waals surface area contributed by atoms with Gasteiger partial charge in [-0.2, -0.15) is 5.26 Å². The molecule has 0 aromatic carbocycles. The van der Waals surface area contributed by atoms with Gasteiger partial charge in [-0.05, 0) is 19.1 Å². The van der Waals surface area contributed by atoms with E-state index < -0.39 is 0 Å². The zero-order valence-corrected chi connectivity index (χ0v) is 11.5. The van der Waals surface area contributed by atoms with E-state index in [-0.39, 0.29) is 21.6 Å². The smallest absolute Gasteiger partial charge is 0.259 e. The number of nitrogens with one attached hydrogen (secondary N) is 1. The first-order valence-corrected chi connectivity index (χ1v) is 7.27. The summed E-state index contributed by atoms with van der Waals surface area (Å²) in [5, 5.41) is 9.20. The molecule has 1 fully saturated rings. The first-order chi connectivity index (χ1) is 9.12.